The Labute approximate surface area is 97.9 Å². The number of aromatic carboxylic acids is 1. The summed E-state index contributed by atoms with van der Waals surface area (Å²) in [6, 6.07) is 0. The summed E-state index contributed by atoms with van der Waals surface area (Å²) in [6.07, 6.45) is -0.498. The van der Waals surface area contributed by atoms with Crippen molar-refractivity contribution in [1.29, 1.82) is 0 Å². The molecule has 0 bridgehead atoms. The lowest BCUT2D eigenvalue weighted by Crippen LogP contribution is -2.10. The molecular formula is C10H14N2O3S. The molecule has 0 aromatic carbocycles. The van der Waals surface area contributed by atoms with E-state index in [4.69, 9.17) is 5.11 Å². The second-order valence-corrected chi connectivity index (χ2v) is 4.51. The van der Waals surface area contributed by atoms with Gasteiger partial charge < -0.3 is 10.2 Å². The largest absolute Gasteiger partial charge is 0.478 e. The van der Waals surface area contributed by atoms with Gasteiger partial charge in [0.1, 0.15) is 16.4 Å². The number of aryl methyl sites for hydroxylation is 2. The number of hydrogen-bond acceptors (Lipinski definition) is 5. The maximum Gasteiger partial charge on any atom is 0.340 e. The lowest BCUT2D eigenvalue weighted by molar-refractivity contribution is 0.0690. The lowest BCUT2D eigenvalue weighted by Gasteiger charge is -2.09. The minimum atomic E-state index is -1.04. The molecule has 0 saturated carbocycles. The summed E-state index contributed by atoms with van der Waals surface area (Å²) in [5, 5.41) is 18.6. The van der Waals surface area contributed by atoms with E-state index in [1.54, 1.807) is 20.8 Å². The van der Waals surface area contributed by atoms with Crippen LogP contribution in [-0.4, -0.2) is 38.0 Å². The van der Waals surface area contributed by atoms with Crippen molar-refractivity contribution in [2.75, 3.05) is 5.75 Å². The summed E-state index contributed by atoms with van der Waals surface area (Å²) in [7, 11) is 0. The Morgan fingerprint density at radius 2 is 2.06 bits per heavy atom. The zero-order valence-corrected chi connectivity index (χ0v) is 10.2. The highest BCUT2D eigenvalue weighted by Gasteiger charge is 2.17. The Balaban J connectivity index is 3.09. The van der Waals surface area contributed by atoms with Gasteiger partial charge in [0.2, 0.25) is 0 Å². The van der Waals surface area contributed by atoms with Crippen LogP contribution in [0.5, 0.6) is 0 Å². The van der Waals surface area contributed by atoms with Crippen molar-refractivity contribution in [2.45, 2.75) is 31.9 Å². The molecule has 1 unspecified atom stereocenters. The number of nitrogens with zero attached hydrogens (tertiary/aromatic N) is 2. The van der Waals surface area contributed by atoms with Gasteiger partial charge in [-0.1, -0.05) is 0 Å². The minimum Gasteiger partial charge on any atom is -0.478 e. The topological polar surface area (TPSA) is 83.3 Å². The summed E-state index contributed by atoms with van der Waals surface area (Å²) in [5.41, 5.74) is 0.573. The van der Waals surface area contributed by atoms with Gasteiger partial charge in [-0.05, 0) is 20.8 Å². The van der Waals surface area contributed by atoms with Crippen LogP contribution in [0.2, 0.25) is 0 Å². The number of rotatable bonds is 4. The monoisotopic (exact) mass is 242 g/mol. The number of carbonyl (C=O) groups is 1. The van der Waals surface area contributed by atoms with E-state index in [2.05, 4.69) is 9.97 Å². The summed E-state index contributed by atoms with van der Waals surface area (Å²) in [6.45, 7) is 5.00. The van der Waals surface area contributed by atoms with Gasteiger partial charge in [0, 0.05) is 5.75 Å². The molecule has 1 heterocycles. The van der Waals surface area contributed by atoms with E-state index >= 15 is 0 Å². The number of aromatic nitrogens is 2. The first-order valence-electron chi connectivity index (χ1n) is 4.81. The Morgan fingerprint density at radius 3 is 2.56 bits per heavy atom. The highest BCUT2D eigenvalue weighted by Crippen LogP contribution is 2.23. The van der Waals surface area contributed by atoms with E-state index in [1.807, 2.05) is 0 Å². The van der Waals surface area contributed by atoms with Crippen LogP contribution in [0.3, 0.4) is 0 Å². The van der Waals surface area contributed by atoms with E-state index in [1.165, 1.54) is 11.8 Å². The van der Waals surface area contributed by atoms with Gasteiger partial charge in [0.15, 0.2) is 0 Å². The molecule has 16 heavy (non-hydrogen) atoms. The number of thioether (sulfide) groups is 1. The van der Waals surface area contributed by atoms with Crippen LogP contribution in [0.4, 0.5) is 0 Å². The van der Waals surface area contributed by atoms with E-state index in [-0.39, 0.29) is 5.56 Å². The fourth-order valence-electron chi connectivity index (χ4n) is 1.23. The van der Waals surface area contributed by atoms with Gasteiger partial charge >= 0.3 is 5.97 Å². The third-order valence-electron chi connectivity index (χ3n) is 1.84. The van der Waals surface area contributed by atoms with Gasteiger partial charge in [-0.15, -0.1) is 11.8 Å². The number of carboxylic acids is 1. The SMILES string of the molecule is Cc1nc(C)c(C(=O)O)c(SCC(C)O)n1. The number of aliphatic hydroxyl groups excluding tert-OH is 1. The average molecular weight is 242 g/mol. The van der Waals surface area contributed by atoms with Crippen LogP contribution in [0.15, 0.2) is 5.03 Å². The fourth-order valence-corrected chi connectivity index (χ4v) is 2.21. The number of hydrogen-bond donors (Lipinski definition) is 2. The molecule has 0 saturated heterocycles. The van der Waals surface area contributed by atoms with Crippen LogP contribution in [-0.2, 0) is 0 Å². The Morgan fingerprint density at radius 1 is 1.44 bits per heavy atom. The Hall–Kier alpha value is -1.14. The molecule has 0 fully saturated rings. The fraction of sp³-hybridized carbons (Fsp3) is 0.500. The zero-order chi connectivity index (χ0) is 12.3. The van der Waals surface area contributed by atoms with Crippen LogP contribution in [0.25, 0.3) is 0 Å². The molecule has 0 radical (unpaired) electrons. The molecule has 1 atom stereocenters. The first kappa shape index (κ1) is 12.9. The molecule has 1 aromatic heterocycles. The highest BCUT2D eigenvalue weighted by atomic mass is 32.2. The highest BCUT2D eigenvalue weighted by molar-refractivity contribution is 7.99. The van der Waals surface area contributed by atoms with E-state index in [9.17, 15) is 9.90 Å². The Kier molecular flexibility index (Phi) is 4.26. The van der Waals surface area contributed by atoms with Crippen LogP contribution >= 0.6 is 11.8 Å². The molecule has 6 heteroatoms. The predicted octanol–water partition coefficient (Wildman–Crippen LogP) is 1.26. The number of carboxylic acid groups (broad SMARTS) is 1. The predicted molar refractivity (Wildman–Crippen MR) is 60.9 cm³/mol. The van der Waals surface area contributed by atoms with Gasteiger partial charge in [0.05, 0.1) is 11.8 Å². The quantitative estimate of drug-likeness (QED) is 0.611. The van der Waals surface area contributed by atoms with Crippen molar-refractivity contribution < 1.29 is 15.0 Å². The maximum atomic E-state index is 11.0. The van der Waals surface area contributed by atoms with Crippen molar-refractivity contribution in [3.63, 3.8) is 0 Å². The molecule has 0 aliphatic heterocycles. The van der Waals surface area contributed by atoms with Crippen molar-refractivity contribution in [1.82, 2.24) is 9.97 Å². The van der Waals surface area contributed by atoms with Crippen LogP contribution in [0, 0.1) is 13.8 Å². The van der Waals surface area contributed by atoms with Crippen LogP contribution < -0.4 is 0 Å². The van der Waals surface area contributed by atoms with E-state index in [0.717, 1.165) is 0 Å². The molecular weight excluding hydrogens is 228 g/mol. The molecule has 1 rings (SSSR count). The third-order valence-corrected chi connectivity index (χ3v) is 3.06. The zero-order valence-electron chi connectivity index (χ0n) is 9.39. The standard InChI is InChI=1S/C10H14N2O3S/c1-5(13)4-16-9-8(10(14)15)6(2)11-7(3)12-9/h5,13H,4H2,1-3H3,(H,14,15). The summed E-state index contributed by atoms with van der Waals surface area (Å²) in [5.74, 6) is -0.0860. The summed E-state index contributed by atoms with van der Waals surface area (Å²) < 4.78 is 0. The molecule has 2 N–H and O–H groups in total. The van der Waals surface area contributed by atoms with E-state index in [0.29, 0.717) is 22.3 Å². The second-order valence-electron chi connectivity index (χ2n) is 3.50. The van der Waals surface area contributed by atoms with E-state index < -0.39 is 12.1 Å². The second kappa shape index (κ2) is 5.27. The number of aliphatic hydroxyl groups is 1. The maximum absolute atomic E-state index is 11.0. The molecule has 1 aromatic rings. The van der Waals surface area contributed by atoms with Gasteiger partial charge in [-0.2, -0.15) is 0 Å². The summed E-state index contributed by atoms with van der Waals surface area (Å²) in [4.78, 5) is 19.1. The molecule has 88 valence electrons. The van der Waals surface area contributed by atoms with Gasteiger partial charge in [0.25, 0.3) is 0 Å². The lowest BCUT2D eigenvalue weighted by atomic mass is 10.2. The first-order chi connectivity index (χ1) is 7.41. The Bertz CT molecular complexity index is 407. The van der Waals surface area contributed by atoms with Crippen LogP contribution in [0.1, 0.15) is 28.8 Å². The van der Waals surface area contributed by atoms with Gasteiger partial charge in [-0.3, -0.25) is 0 Å². The molecule has 5 nitrogen and oxygen atoms in total. The summed E-state index contributed by atoms with van der Waals surface area (Å²) >= 11 is 1.23. The molecule has 0 aliphatic rings. The minimum absolute atomic E-state index is 0.122. The average Bonchev–Trinajstić information content (AvgIpc) is 2.12. The molecule has 0 amide bonds. The third kappa shape index (κ3) is 3.18. The van der Waals surface area contributed by atoms with Crippen molar-refractivity contribution in [3.8, 4) is 0 Å². The van der Waals surface area contributed by atoms with Crippen molar-refractivity contribution >= 4 is 17.7 Å². The molecule has 0 aliphatic carbocycles. The normalized spacial score (nSPS) is 12.5. The van der Waals surface area contributed by atoms with Crippen molar-refractivity contribution in [3.05, 3.63) is 17.1 Å². The van der Waals surface area contributed by atoms with Gasteiger partial charge in [-0.25, -0.2) is 14.8 Å². The van der Waals surface area contributed by atoms with Crippen molar-refractivity contribution in [2.24, 2.45) is 0 Å². The smallest absolute Gasteiger partial charge is 0.340 e. The first-order valence-corrected chi connectivity index (χ1v) is 5.79. The molecule has 0 spiro atoms.